The van der Waals surface area contributed by atoms with Crippen LogP contribution in [0.15, 0.2) is 41.6 Å². The molecular weight excluding hydrogens is 312 g/mol. The van der Waals surface area contributed by atoms with Gasteiger partial charge in [0.15, 0.2) is 0 Å². The molecule has 2 aromatic rings. The molecule has 0 aliphatic rings. The van der Waals surface area contributed by atoms with Crippen molar-refractivity contribution >= 4 is 27.4 Å². The van der Waals surface area contributed by atoms with Crippen LogP contribution in [-0.2, 0) is 10.0 Å². The number of aromatic nitrogens is 2. The molecule has 2 N–H and O–H groups in total. The summed E-state index contributed by atoms with van der Waals surface area (Å²) in [7, 11) is -3.49. The van der Waals surface area contributed by atoms with Crippen molar-refractivity contribution in [3.8, 4) is 0 Å². The van der Waals surface area contributed by atoms with Crippen molar-refractivity contribution < 1.29 is 8.42 Å². The van der Waals surface area contributed by atoms with Gasteiger partial charge in [-0.05, 0) is 19.1 Å². The maximum absolute atomic E-state index is 12.0. The number of halogens is 1. The standard InChI is InChI=1S/C13H15ClN4O2S/c1-10-2-4-11(5-3-10)21(19,20)17-7-6-16-13-9-15-8-12(14)18-13/h2-5,8-9,17H,6-7H2,1H3,(H,16,18). The van der Waals surface area contributed by atoms with E-state index in [-0.39, 0.29) is 16.6 Å². The molecule has 112 valence electrons. The van der Waals surface area contributed by atoms with Crippen LogP contribution < -0.4 is 10.0 Å². The first kappa shape index (κ1) is 15.7. The molecule has 0 aliphatic carbocycles. The van der Waals surface area contributed by atoms with Gasteiger partial charge in [-0.15, -0.1) is 0 Å². The number of benzene rings is 1. The van der Waals surface area contributed by atoms with Crippen molar-refractivity contribution in [2.75, 3.05) is 18.4 Å². The molecule has 0 spiro atoms. The van der Waals surface area contributed by atoms with E-state index < -0.39 is 10.0 Å². The summed E-state index contributed by atoms with van der Waals surface area (Å²) >= 11 is 5.70. The molecule has 0 atom stereocenters. The average Bonchev–Trinajstić information content (AvgIpc) is 2.44. The summed E-state index contributed by atoms with van der Waals surface area (Å²) in [6, 6.07) is 6.67. The Labute approximate surface area is 128 Å². The SMILES string of the molecule is Cc1ccc(S(=O)(=O)NCCNc2cncc(Cl)n2)cc1. The molecule has 6 nitrogen and oxygen atoms in total. The Bertz CT molecular complexity index is 704. The lowest BCUT2D eigenvalue weighted by molar-refractivity contribution is 0.583. The van der Waals surface area contributed by atoms with E-state index in [1.54, 1.807) is 24.3 Å². The summed E-state index contributed by atoms with van der Waals surface area (Å²) in [5.41, 5.74) is 1.01. The molecule has 0 aliphatic heterocycles. The molecule has 0 radical (unpaired) electrons. The molecule has 2 rings (SSSR count). The minimum Gasteiger partial charge on any atom is -0.367 e. The number of anilines is 1. The zero-order valence-electron chi connectivity index (χ0n) is 11.4. The molecule has 0 amide bonds. The van der Waals surface area contributed by atoms with Crippen LogP contribution in [0.5, 0.6) is 0 Å². The highest BCUT2D eigenvalue weighted by molar-refractivity contribution is 7.89. The lowest BCUT2D eigenvalue weighted by Crippen LogP contribution is -2.29. The molecule has 0 fully saturated rings. The van der Waals surface area contributed by atoms with Gasteiger partial charge >= 0.3 is 0 Å². The third-order valence-electron chi connectivity index (χ3n) is 2.66. The van der Waals surface area contributed by atoms with Crippen molar-refractivity contribution in [1.29, 1.82) is 0 Å². The summed E-state index contributed by atoms with van der Waals surface area (Å²) in [6.07, 6.45) is 2.94. The van der Waals surface area contributed by atoms with Gasteiger partial charge in [-0.25, -0.2) is 18.1 Å². The van der Waals surface area contributed by atoms with Crippen LogP contribution in [0.3, 0.4) is 0 Å². The maximum atomic E-state index is 12.0. The highest BCUT2D eigenvalue weighted by atomic mass is 35.5. The number of nitrogens with zero attached hydrogens (tertiary/aromatic N) is 2. The fourth-order valence-corrected chi connectivity index (χ4v) is 2.78. The van der Waals surface area contributed by atoms with E-state index in [0.717, 1.165) is 5.56 Å². The molecule has 21 heavy (non-hydrogen) atoms. The van der Waals surface area contributed by atoms with Crippen molar-refractivity contribution in [3.05, 3.63) is 47.4 Å². The normalized spacial score (nSPS) is 11.3. The monoisotopic (exact) mass is 326 g/mol. The average molecular weight is 327 g/mol. The fraction of sp³-hybridized carbons (Fsp3) is 0.231. The number of rotatable bonds is 6. The fourth-order valence-electron chi connectivity index (χ4n) is 1.60. The van der Waals surface area contributed by atoms with Gasteiger partial charge in [0.25, 0.3) is 0 Å². The maximum Gasteiger partial charge on any atom is 0.240 e. The van der Waals surface area contributed by atoms with E-state index in [0.29, 0.717) is 12.4 Å². The smallest absolute Gasteiger partial charge is 0.240 e. The van der Waals surface area contributed by atoms with Crippen LogP contribution in [0, 0.1) is 6.92 Å². The van der Waals surface area contributed by atoms with Crippen LogP contribution in [0.2, 0.25) is 5.15 Å². The lowest BCUT2D eigenvalue weighted by Gasteiger charge is -2.08. The number of hydrogen-bond acceptors (Lipinski definition) is 5. The summed E-state index contributed by atoms with van der Waals surface area (Å²) in [6.45, 7) is 2.50. The highest BCUT2D eigenvalue weighted by Gasteiger charge is 2.12. The molecule has 1 aromatic carbocycles. The number of hydrogen-bond donors (Lipinski definition) is 2. The molecule has 0 saturated heterocycles. The molecule has 0 bridgehead atoms. The van der Waals surface area contributed by atoms with E-state index in [2.05, 4.69) is 20.0 Å². The summed E-state index contributed by atoms with van der Waals surface area (Å²) < 4.78 is 26.6. The number of nitrogens with one attached hydrogen (secondary N) is 2. The predicted octanol–water partition coefficient (Wildman–Crippen LogP) is 1.83. The number of sulfonamides is 1. The van der Waals surface area contributed by atoms with Crippen molar-refractivity contribution in [3.63, 3.8) is 0 Å². The van der Waals surface area contributed by atoms with E-state index >= 15 is 0 Å². The van der Waals surface area contributed by atoms with Gasteiger partial charge in [0.1, 0.15) is 11.0 Å². The van der Waals surface area contributed by atoms with Gasteiger partial charge in [0.05, 0.1) is 17.3 Å². The first-order valence-corrected chi connectivity index (χ1v) is 8.11. The minimum atomic E-state index is -3.49. The molecule has 8 heteroatoms. The molecule has 0 saturated carbocycles. The van der Waals surface area contributed by atoms with Crippen molar-refractivity contribution in [2.24, 2.45) is 0 Å². The van der Waals surface area contributed by atoms with E-state index in [1.807, 2.05) is 6.92 Å². The lowest BCUT2D eigenvalue weighted by atomic mass is 10.2. The number of aryl methyl sites for hydroxylation is 1. The Kier molecular flexibility index (Phi) is 5.11. The minimum absolute atomic E-state index is 0.227. The largest absolute Gasteiger partial charge is 0.367 e. The van der Waals surface area contributed by atoms with E-state index in [1.165, 1.54) is 12.4 Å². The Balaban J connectivity index is 1.86. The Morgan fingerprint density at radius 1 is 1.14 bits per heavy atom. The van der Waals surface area contributed by atoms with E-state index in [4.69, 9.17) is 11.6 Å². The van der Waals surface area contributed by atoms with Gasteiger partial charge in [-0.1, -0.05) is 29.3 Å². The second-order valence-electron chi connectivity index (χ2n) is 4.36. The summed E-state index contributed by atoms with van der Waals surface area (Å²) in [5, 5.41) is 3.21. The van der Waals surface area contributed by atoms with Crippen molar-refractivity contribution in [2.45, 2.75) is 11.8 Å². The second kappa shape index (κ2) is 6.84. The van der Waals surface area contributed by atoms with Crippen LogP contribution in [0.25, 0.3) is 0 Å². The molecule has 1 heterocycles. The summed E-state index contributed by atoms with van der Waals surface area (Å²) in [4.78, 5) is 8.11. The third kappa shape index (κ3) is 4.66. The second-order valence-corrected chi connectivity index (χ2v) is 6.52. The third-order valence-corrected chi connectivity index (χ3v) is 4.32. The molecule has 1 aromatic heterocycles. The molecular formula is C13H15ClN4O2S. The first-order valence-electron chi connectivity index (χ1n) is 6.25. The van der Waals surface area contributed by atoms with Crippen LogP contribution in [-0.4, -0.2) is 31.5 Å². The molecule has 0 unspecified atom stereocenters. The summed E-state index contributed by atoms with van der Waals surface area (Å²) in [5.74, 6) is 0.497. The predicted molar refractivity (Wildman–Crippen MR) is 81.9 cm³/mol. The van der Waals surface area contributed by atoms with Crippen LogP contribution >= 0.6 is 11.6 Å². The Morgan fingerprint density at radius 2 is 1.86 bits per heavy atom. The van der Waals surface area contributed by atoms with Crippen LogP contribution in [0.4, 0.5) is 5.82 Å². The van der Waals surface area contributed by atoms with E-state index in [9.17, 15) is 8.42 Å². The zero-order valence-corrected chi connectivity index (χ0v) is 12.9. The van der Waals surface area contributed by atoms with Gasteiger partial charge in [0.2, 0.25) is 10.0 Å². The Hall–Kier alpha value is -1.70. The zero-order chi connectivity index (χ0) is 15.3. The first-order chi connectivity index (χ1) is 9.97. The van der Waals surface area contributed by atoms with Crippen molar-refractivity contribution in [1.82, 2.24) is 14.7 Å². The quantitative estimate of drug-likeness (QED) is 0.791. The highest BCUT2D eigenvalue weighted by Crippen LogP contribution is 2.09. The van der Waals surface area contributed by atoms with Crippen LogP contribution in [0.1, 0.15) is 5.56 Å². The van der Waals surface area contributed by atoms with Gasteiger partial charge < -0.3 is 5.32 Å². The Morgan fingerprint density at radius 3 is 2.52 bits per heavy atom. The van der Waals surface area contributed by atoms with Gasteiger partial charge in [0, 0.05) is 13.1 Å². The van der Waals surface area contributed by atoms with Gasteiger partial charge in [-0.2, -0.15) is 0 Å². The van der Waals surface area contributed by atoms with Gasteiger partial charge in [-0.3, -0.25) is 4.98 Å². The topological polar surface area (TPSA) is 84.0 Å².